The quantitative estimate of drug-likeness (QED) is 0.145. The summed E-state index contributed by atoms with van der Waals surface area (Å²) in [6.07, 6.45) is 5.15. The van der Waals surface area contributed by atoms with Crippen molar-refractivity contribution in [1.82, 2.24) is 10.6 Å². The van der Waals surface area contributed by atoms with Gasteiger partial charge in [0.1, 0.15) is 0 Å². The van der Waals surface area contributed by atoms with Gasteiger partial charge in [-0.05, 0) is 90.3 Å². The van der Waals surface area contributed by atoms with E-state index in [1.165, 1.54) is 18.4 Å². The highest BCUT2D eigenvalue weighted by molar-refractivity contribution is 5.95. The second-order valence-electron chi connectivity index (χ2n) is 11.5. The number of aliphatic hydroxyl groups excluding tert-OH is 1. The van der Waals surface area contributed by atoms with Gasteiger partial charge in [0.25, 0.3) is 5.91 Å². The van der Waals surface area contributed by atoms with E-state index in [-0.39, 0.29) is 18.6 Å². The summed E-state index contributed by atoms with van der Waals surface area (Å²) in [7, 11) is 0. The molecule has 0 aliphatic heterocycles. The Bertz CT molecular complexity index is 1680. The summed E-state index contributed by atoms with van der Waals surface area (Å²) in [5, 5.41) is 23.9. The third kappa shape index (κ3) is 8.08. The molecule has 4 N–H and O–H groups in total. The van der Waals surface area contributed by atoms with Crippen molar-refractivity contribution in [3.63, 3.8) is 0 Å². The first kappa shape index (κ1) is 32.2. The van der Waals surface area contributed by atoms with Gasteiger partial charge < -0.3 is 20.8 Å². The largest absolute Gasteiger partial charge is 0.479 e. The Labute approximate surface area is 269 Å². The monoisotopic (exact) mass is 617 g/mol. The van der Waals surface area contributed by atoms with E-state index in [9.17, 15) is 19.5 Å². The minimum atomic E-state index is -1.68. The number of urea groups is 1. The first-order chi connectivity index (χ1) is 22.3. The summed E-state index contributed by atoms with van der Waals surface area (Å²) in [6.45, 7) is 1.83. The first-order valence-electron chi connectivity index (χ1n) is 15.6. The van der Waals surface area contributed by atoms with Crippen molar-refractivity contribution >= 4 is 29.2 Å². The van der Waals surface area contributed by atoms with Crippen LogP contribution in [0.4, 0.5) is 10.5 Å². The van der Waals surface area contributed by atoms with Gasteiger partial charge in [0, 0.05) is 11.3 Å². The molecule has 0 spiro atoms. The number of nitrogens with one attached hydrogen (secondary N) is 2. The number of carboxylic acids is 1. The van der Waals surface area contributed by atoms with Crippen LogP contribution in [-0.2, 0) is 11.3 Å². The van der Waals surface area contributed by atoms with E-state index < -0.39 is 24.5 Å². The van der Waals surface area contributed by atoms with E-state index >= 15 is 0 Å². The average molecular weight is 618 g/mol. The molecule has 8 nitrogen and oxygen atoms in total. The maximum Gasteiger partial charge on any atom is 0.334 e. The molecule has 0 saturated carbocycles. The van der Waals surface area contributed by atoms with Crippen LogP contribution in [0, 0.1) is 0 Å². The zero-order valence-corrected chi connectivity index (χ0v) is 25.9. The summed E-state index contributed by atoms with van der Waals surface area (Å²) >= 11 is 0. The van der Waals surface area contributed by atoms with Crippen LogP contribution < -0.4 is 15.5 Å². The predicted octanol–water partition coefficient (Wildman–Crippen LogP) is 6.96. The van der Waals surface area contributed by atoms with Gasteiger partial charge in [-0.2, -0.15) is 0 Å². The molecule has 0 aromatic heterocycles. The molecule has 5 rings (SSSR count). The lowest BCUT2D eigenvalue weighted by Gasteiger charge is -2.27. The number of benzene rings is 4. The minimum Gasteiger partial charge on any atom is -0.479 e. The molecule has 0 heterocycles. The molecule has 2 atom stereocenters. The Hall–Kier alpha value is -5.21. The molecule has 0 fully saturated rings. The van der Waals surface area contributed by atoms with Gasteiger partial charge in [0.2, 0.25) is 0 Å². The van der Waals surface area contributed by atoms with Crippen LogP contribution in [0.5, 0.6) is 0 Å². The lowest BCUT2D eigenvalue weighted by Crippen LogP contribution is -2.41. The third-order valence-corrected chi connectivity index (χ3v) is 8.24. The third-order valence-electron chi connectivity index (χ3n) is 8.24. The number of allylic oxidation sites excluding steroid dienone is 2. The van der Waals surface area contributed by atoms with E-state index in [1.807, 2.05) is 55.5 Å². The van der Waals surface area contributed by atoms with Crippen LogP contribution in [0.3, 0.4) is 0 Å². The SMILES string of the molecule is CC(NC(=O)N(Cc1ccc(C(=O)NC[C@@H](O)C(=O)O)cc1)c1ccc(C2=CCCCC2)cc1)c1ccccc1-c1ccccc1. The molecule has 8 heteroatoms. The number of hydrogen-bond acceptors (Lipinski definition) is 4. The lowest BCUT2D eigenvalue weighted by atomic mass is 9.93. The number of rotatable bonds is 11. The molecular formula is C38H39N3O5. The summed E-state index contributed by atoms with van der Waals surface area (Å²) in [5.41, 5.74) is 7.49. The molecular weight excluding hydrogens is 578 g/mol. The van der Waals surface area contributed by atoms with Gasteiger partial charge >= 0.3 is 12.0 Å². The van der Waals surface area contributed by atoms with Crippen molar-refractivity contribution in [2.24, 2.45) is 0 Å². The van der Waals surface area contributed by atoms with Crippen molar-refractivity contribution in [3.05, 3.63) is 131 Å². The molecule has 1 aliphatic carbocycles. The summed E-state index contributed by atoms with van der Waals surface area (Å²) in [4.78, 5) is 39.1. The number of aliphatic carboxylic acids is 1. The second kappa shape index (κ2) is 15.2. The second-order valence-corrected chi connectivity index (χ2v) is 11.5. The van der Waals surface area contributed by atoms with Crippen LogP contribution in [0.15, 0.2) is 109 Å². The summed E-state index contributed by atoms with van der Waals surface area (Å²) < 4.78 is 0. The normalized spacial score (nSPS) is 14.0. The number of hydrogen-bond donors (Lipinski definition) is 4. The van der Waals surface area contributed by atoms with Crippen LogP contribution in [0.2, 0.25) is 0 Å². The van der Waals surface area contributed by atoms with Crippen molar-refractivity contribution in [1.29, 1.82) is 0 Å². The van der Waals surface area contributed by atoms with E-state index in [0.717, 1.165) is 46.3 Å². The Kier molecular flexibility index (Phi) is 10.6. The molecule has 0 bridgehead atoms. The average Bonchev–Trinajstić information content (AvgIpc) is 3.10. The summed E-state index contributed by atoms with van der Waals surface area (Å²) in [6, 6.07) is 32.4. The molecule has 4 aromatic rings. The number of aliphatic hydroxyl groups is 1. The standard InChI is InChI=1S/C38H39N3O5/c1-26(33-14-8-9-15-34(33)30-12-6-3-7-13-30)40-38(46)41(32-22-20-29(21-23-32)28-10-4-2-5-11-28)25-27-16-18-31(19-17-27)36(43)39-24-35(42)37(44)45/h3,6-10,12-23,26,35,42H,2,4-5,11,24-25H2,1H3,(H,39,43)(H,40,46)(H,44,45)/t26?,35-/m1/s1. The molecule has 46 heavy (non-hydrogen) atoms. The Morgan fingerprint density at radius 1 is 0.826 bits per heavy atom. The van der Waals surface area contributed by atoms with Gasteiger partial charge in [0.15, 0.2) is 6.10 Å². The topological polar surface area (TPSA) is 119 Å². The van der Waals surface area contributed by atoms with Crippen LogP contribution >= 0.6 is 0 Å². The number of anilines is 1. The molecule has 1 aliphatic rings. The van der Waals surface area contributed by atoms with Gasteiger partial charge in [-0.3, -0.25) is 9.69 Å². The van der Waals surface area contributed by atoms with Gasteiger partial charge in [-0.15, -0.1) is 0 Å². The zero-order valence-electron chi connectivity index (χ0n) is 25.9. The fraction of sp³-hybridized carbons (Fsp3) is 0.237. The van der Waals surface area contributed by atoms with Gasteiger partial charge in [-0.25, -0.2) is 9.59 Å². The summed E-state index contributed by atoms with van der Waals surface area (Å²) in [5.74, 6) is -1.91. The Balaban J connectivity index is 1.37. The van der Waals surface area contributed by atoms with Gasteiger partial charge in [0.05, 0.1) is 19.1 Å². The smallest absolute Gasteiger partial charge is 0.334 e. The highest BCUT2D eigenvalue weighted by atomic mass is 16.4. The molecule has 236 valence electrons. The van der Waals surface area contributed by atoms with Crippen molar-refractivity contribution in [2.45, 2.75) is 51.3 Å². The van der Waals surface area contributed by atoms with Crippen LogP contribution in [-0.4, -0.2) is 40.8 Å². The molecule has 0 radical (unpaired) electrons. The number of amides is 3. The van der Waals surface area contributed by atoms with E-state index in [2.05, 4.69) is 47.0 Å². The lowest BCUT2D eigenvalue weighted by molar-refractivity contribution is -0.146. The van der Waals surface area contributed by atoms with Crippen molar-refractivity contribution < 1.29 is 24.6 Å². The molecule has 1 unspecified atom stereocenters. The first-order valence-corrected chi connectivity index (χ1v) is 15.6. The Morgan fingerprint density at radius 2 is 1.52 bits per heavy atom. The van der Waals surface area contributed by atoms with E-state index in [4.69, 9.17) is 5.11 Å². The fourth-order valence-corrected chi connectivity index (χ4v) is 5.66. The number of nitrogens with zero attached hydrogens (tertiary/aromatic N) is 1. The van der Waals surface area contributed by atoms with E-state index in [1.54, 1.807) is 29.2 Å². The zero-order chi connectivity index (χ0) is 32.5. The van der Waals surface area contributed by atoms with Crippen LogP contribution in [0.1, 0.15) is 65.7 Å². The molecule has 3 amide bonds. The van der Waals surface area contributed by atoms with Crippen molar-refractivity contribution in [2.75, 3.05) is 11.4 Å². The Morgan fingerprint density at radius 3 is 2.20 bits per heavy atom. The maximum atomic E-state index is 14.0. The number of carboxylic acid groups (broad SMARTS) is 1. The maximum absolute atomic E-state index is 14.0. The fourth-order valence-electron chi connectivity index (χ4n) is 5.66. The highest BCUT2D eigenvalue weighted by Crippen LogP contribution is 2.30. The highest BCUT2D eigenvalue weighted by Gasteiger charge is 2.22. The minimum absolute atomic E-state index is 0.251. The number of carbonyl (C=O) groups is 3. The predicted molar refractivity (Wildman–Crippen MR) is 180 cm³/mol. The molecule has 0 saturated heterocycles. The van der Waals surface area contributed by atoms with Crippen LogP contribution in [0.25, 0.3) is 16.7 Å². The van der Waals surface area contributed by atoms with Gasteiger partial charge in [-0.1, -0.05) is 84.9 Å². The van der Waals surface area contributed by atoms with Crippen molar-refractivity contribution in [3.8, 4) is 11.1 Å². The van der Waals surface area contributed by atoms with E-state index in [0.29, 0.717) is 5.56 Å². The number of carbonyl (C=O) groups excluding carboxylic acids is 2. The molecule has 4 aromatic carbocycles.